The van der Waals surface area contributed by atoms with Crippen molar-refractivity contribution in [3.05, 3.63) is 0 Å². The van der Waals surface area contributed by atoms with E-state index in [0.717, 1.165) is 23.5 Å². The van der Waals surface area contributed by atoms with Gasteiger partial charge in [-0.05, 0) is 25.7 Å². The fourth-order valence-corrected chi connectivity index (χ4v) is 2.19. The van der Waals surface area contributed by atoms with E-state index in [2.05, 4.69) is 37.2 Å². The van der Waals surface area contributed by atoms with Crippen LogP contribution in [0.5, 0.6) is 0 Å². The molecule has 0 aromatic carbocycles. The summed E-state index contributed by atoms with van der Waals surface area (Å²) in [6.07, 6.45) is 8.10. The lowest BCUT2D eigenvalue weighted by molar-refractivity contribution is -0.129. The van der Waals surface area contributed by atoms with Crippen molar-refractivity contribution in [3.63, 3.8) is 0 Å². The van der Waals surface area contributed by atoms with E-state index in [1.165, 1.54) is 25.7 Å². The lowest BCUT2D eigenvalue weighted by Crippen LogP contribution is -2.27. The van der Waals surface area contributed by atoms with Crippen molar-refractivity contribution in [2.24, 2.45) is 0 Å². The molecule has 2 amide bonds. The van der Waals surface area contributed by atoms with Crippen LogP contribution in [0, 0.1) is 0 Å². The minimum absolute atomic E-state index is 0.127. The van der Waals surface area contributed by atoms with E-state index in [4.69, 9.17) is 0 Å². The summed E-state index contributed by atoms with van der Waals surface area (Å²) in [5.41, 5.74) is 0. The molecule has 3 nitrogen and oxygen atoms in total. The predicted octanol–water partition coefficient (Wildman–Crippen LogP) is 3.54. The van der Waals surface area contributed by atoms with E-state index >= 15 is 0 Å². The quantitative estimate of drug-likeness (QED) is 0.457. The Morgan fingerprint density at radius 2 is 1.24 bits per heavy atom. The van der Waals surface area contributed by atoms with E-state index in [1.54, 1.807) is 0 Å². The van der Waals surface area contributed by atoms with Gasteiger partial charge in [0.25, 0.3) is 0 Å². The van der Waals surface area contributed by atoms with E-state index in [1.807, 2.05) is 0 Å². The second-order valence-electron chi connectivity index (χ2n) is 3.97. The molecule has 1 aliphatic rings. The van der Waals surface area contributed by atoms with Crippen molar-refractivity contribution >= 4 is 43.7 Å². The molecule has 0 saturated carbocycles. The van der Waals surface area contributed by atoms with Crippen LogP contribution in [0.3, 0.4) is 0 Å². The van der Waals surface area contributed by atoms with E-state index < -0.39 is 0 Å². The highest BCUT2D eigenvalue weighted by Crippen LogP contribution is 2.03. The van der Waals surface area contributed by atoms with Gasteiger partial charge in [0.05, 0.1) is 0 Å². The molecule has 1 saturated heterocycles. The summed E-state index contributed by atoms with van der Waals surface area (Å²) in [5, 5.41) is 4.59. The molecule has 1 N–H and O–H groups in total. The molecular formula is C12H21Br2NO2. The first kappa shape index (κ1) is 17.1. The minimum atomic E-state index is -0.127. The fourth-order valence-electron chi connectivity index (χ4n) is 1.39. The maximum atomic E-state index is 10.6. The van der Waals surface area contributed by atoms with Crippen LogP contribution in [0.1, 0.15) is 51.4 Å². The second kappa shape index (κ2) is 12.6. The monoisotopic (exact) mass is 369 g/mol. The number of unbranched alkanes of at least 4 members (excludes halogenated alkanes) is 3. The first-order valence-electron chi connectivity index (χ1n) is 6.15. The molecule has 17 heavy (non-hydrogen) atoms. The number of halogens is 2. The highest BCUT2D eigenvalue weighted by atomic mass is 79.9. The third-order valence-electron chi connectivity index (χ3n) is 2.35. The van der Waals surface area contributed by atoms with E-state index in [0.29, 0.717) is 12.8 Å². The average Bonchev–Trinajstić information content (AvgIpc) is 2.49. The molecule has 1 heterocycles. The Bertz CT molecular complexity index is 201. The van der Waals surface area contributed by atoms with Crippen molar-refractivity contribution in [3.8, 4) is 0 Å². The predicted molar refractivity (Wildman–Crippen MR) is 77.7 cm³/mol. The number of hydrogen-bond acceptors (Lipinski definition) is 2. The molecular weight excluding hydrogens is 350 g/mol. The summed E-state index contributed by atoms with van der Waals surface area (Å²) in [4.78, 5) is 21.1. The van der Waals surface area contributed by atoms with Crippen LogP contribution in [-0.4, -0.2) is 22.5 Å². The van der Waals surface area contributed by atoms with Crippen LogP contribution in [0.2, 0.25) is 0 Å². The number of carbonyl (C=O) groups is 2. The smallest absolute Gasteiger partial charge is 0.226 e. The Morgan fingerprint density at radius 3 is 1.59 bits per heavy atom. The fraction of sp³-hybridized carbons (Fsp3) is 0.833. The Balaban J connectivity index is 0.000000304. The van der Waals surface area contributed by atoms with Gasteiger partial charge in [-0.15, -0.1) is 0 Å². The van der Waals surface area contributed by atoms with Gasteiger partial charge in [0.15, 0.2) is 0 Å². The molecule has 0 aliphatic carbocycles. The van der Waals surface area contributed by atoms with Crippen LogP contribution in [0.25, 0.3) is 0 Å². The van der Waals surface area contributed by atoms with Crippen LogP contribution in [0.15, 0.2) is 0 Å². The summed E-state index contributed by atoms with van der Waals surface area (Å²) in [6.45, 7) is 0. The Labute approximate surface area is 120 Å². The van der Waals surface area contributed by atoms with Gasteiger partial charge in [-0.2, -0.15) is 0 Å². The van der Waals surface area contributed by atoms with Gasteiger partial charge in [0, 0.05) is 23.5 Å². The van der Waals surface area contributed by atoms with Crippen LogP contribution in [0.4, 0.5) is 0 Å². The van der Waals surface area contributed by atoms with Gasteiger partial charge >= 0.3 is 0 Å². The largest absolute Gasteiger partial charge is 0.296 e. The Hall–Kier alpha value is 0.100. The zero-order valence-electron chi connectivity index (χ0n) is 10.1. The van der Waals surface area contributed by atoms with Crippen molar-refractivity contribution in [1.82, 2.24) is 5.32 Å². The number of alkyl halides is 2. The topological polar surface area (TPSA) is 46.2 Å². The number of nitrogens with one attached hydrogen (secondary N) is 1. The van der Waals surface area contributed by atoms with Crippen molar-refractivity contribution in [1.29, 1.82) is 0 Å². The maximum absolute atomic E-state index is 10.6. The molecule has 1 fully saturated rings. The SMILES string of the molecule is BrCCCCCCBr.O=C1CCCCC(=O)N1. The lowest BCUT2D eigenvalue weighted by atomic mass is 10.2. The van der Waals surface area contributed by atoms with Gasteiger partial charge in [-0.3, -0.25) is 14.9 Å². The summed E-state index contributed by atoms with van der Waals surface area (Å²) in [5.74, 6) is -0.255. The van der Waals surface area contributed by atoms with Crippen LogP contribution >= 0.6 is 31.9 Å². The molecule has 1 rings (SSSR count). The van der Waals surface area contributed by atoms with Gasteiger partial charge in [-0.1, -0.05) is 44.7 Å². The molecule has 0 aromatic heterocycles. The second-order valence-corrected chi connectivity index (χ2v) is 5.56. The van der Waals surface area contributed by atoms with Crippen LogP contribution in [-0.2, 0) is 9.59 Å². The highest BCUT2D eigenvalue weighted by Gasteiger charge is 2.11. The van der Waals surface area contributed by atoms with E-state index in [9.17, 15) is 9.59 Å². The van der Waals surface area contributed by atoms with Gasteiger partial charge < -0.3 is 0 Å². The first-order chi connectivity index (χ1) is 8.20. The highest BCUT2D eigenvalue weighted by molar-refractivity contribution is 9.09. The van der Waals surface area contributed by atoms with E-state index in [-0.39, 0.29) is 11.8 Å². The first-order valence-corrected chi connectivity index (χ1v) is 8.39. The molecule has 0 aromatic rings. The van der Waals surface area contributed by atoms with Gasteiger partial charge in [0.1, 0.15) is 0 Å². The maximum Gasteiger partial charge on any atom is 0.226 e. The number of carbonyl (C=O) groups excluding carboxylic acids is 2. The molecule has 0 atom stereocenters. The number of amides is 2. The third kappa shape index (κ3) is 12.3. The van der Waals surface area contributed by atoms with Crippen LogP contribution < -0.4 is 5.32 Å². The summed E-state index contributed by atoms with van der Waals surface area (Å²) in [6, 6.07) is 0. The molecule has 1 aliphatic heterocycles. The normalized spacial score (nSPS) is 15.6. The number of hydrogen-bond donors (Lipinski definition) is 1. The summed E-state index contributed by atoms with van der Waals surface area (Å²) >= 11 is 6.78. The molecule has 100 valence electrons. The molecule has 0 unspecified atom stereocenters. The molecule has 0 radical (unpaired) electrons. The van der Waals surface area contributed by atoms with Crippen molar-refractivity contribution < 1.29 is 9.59 Å². The standard InChI is InChI=1S/C6H12Br2.C6H9NO2/c7-5-3-1-2-4-6-8;8-5-3-1-2-4-6(9)7-5/h1-6H2;1-4H2,(H,7,8,9). The third-order valence-corrected chi connectivity index (χ3v) is 3.48. The Kier molecular flexibility index (Phi) is 12.6. The van der Waals surface area contributed by atoms with Gasteiger partial charge in [-0.25, -0.2) is 0 Å². The zero-order chi connectivity index (χ0) is 12.9. The molecule has 5 heteroatoms. The summed E-state index contributed by atoms with van der Waals surface area (Å²) in [7, 11) is 0. The number of imide groups is 1. The average molecular weight is 371 g/mol. The Morgan fingerprint density at radius 1 is 0.824 bits per heavy atom. The zero-order valence-corrected chi connectivity index (χ0v) is 13.3. The molecule has 0 spiro atoms. The molecule has 0 bridgehead atoms. The summed E-state index contributed by atoms with van der Waals surface area (Å²) < 4.78 is 0. The van der Waals surface area contributed by atoms with Crippen molar-refractivity contribution in [2.45, 2.75) is 51.4 Å². The van der Waals surface area contributed by atoms with Crippen molar-refractivity contribution in [2.75, 3.05) is 10.7 Å². The lowest BCUT2D eigenvalue weighted by Gasteiger charge is -1.93. The number of rotatable bonds is 5. The minimum Gasteiger partial charge on any atom is -0.296 e. The van der Waals surface area contributed by atoms with Gasteiger partial charge in [0.2, 0.25) is 11.8 Å².